The predicted octanol–water partition coefficient (Wildman–Crippen LogP) is 13.4. The van der Waals surface area contributed by atoms with Gasteiger partial charge in [0, 0.05) is 91.7 Å². The third-order valence-electron chi connectivity index (χ3n) is 17.8. The van der Waals surface area contributed by atoms with E-state index in [0.29, 0.717) is 75.3 Å². The first-order valence-corrected chi connectivity index (χ1v) is 41.4. The maximum atomic E-state index is 11.8. The summed E-state index contributed by atoms with van der Waals surface area (Å²) >= 11 is 2.08. The number of nitrogens with zero attached hydrogens (tertiary/aromatic N) is 4. The Kier molecular flexibility index (Phi) is 31.7. The van der Waals surface area contributed by atoms with E-state index in [1.54, 1.807) is 7.11 Å². The van der Waals surface area contributed by atoms with Crippen LogP contribution in [0.15, 0.2) is 152 Å². The lowest BCUT2D eigenvalue weighted by molar-refractivity contribution is 0.00761. The molecular formula is C76H106N4O13S4. The molecule has 5 heterocycles. The minimum absolute atomic E-state index is 0.160. The van der Waals surface area contributed by atoms with Gasteiger partial charge in [-0.15, -0.1) is 11.8 Å². The fourth-order valence-electron chi connectivity index (χ4n) is 11.7. The van der Waals surface area contributed by atoms with Crippen LogP contribution >= 0.6 is 11.8 Å². The van der Waals surface area contributed by atoms with Gasteiger partial charge in [0.25, 0.3) is 0 Å². The molecule has 0 bridgehead atoms. The Hall–Kier alpha value is -6.20. The van der Waals surface area contributed by atoms with E-state index in [4.69, 9.17) is 28.4 Å². The van der Waals surface area contributed by atoms with Crippen molar-refractivity contribution in [1.29, 1.82) is 0 Å². The van der Waals surface area contributed by atoms with E-state index in [-0.39, 0.29) is 53.8 Å². The number of aliphatic hydroxyl groups is 1. The number of methoxy groups -OCH3 is 1. The number of epoxide rings is 1. The molecule has 5 saturated heterocycles. The van der Waals surface area contributed by atoms with Gasteiger partial charge in [0.2, 0.25) is 0 Å². The molecule has 0 radical (unpaired) electrons. The van der Waals surface area contributed by atoms with Crippen LogP contribution in [0.1, 0.15) is 118 Å². The zero-order valence-electron chi connectivity index (χ0n) is 57.6. The summed E-state index contributed by atoms with van der Waals surface area (Å²) in [6.07, 6.45) is 14.3. The Labute approximate surface area is 584 Å². The van der Waals surface area contributed by atoms with E-state index in [0.717, 1.165) is 66.8 Å². The first-order chi connectivity index (χ1) is 47.0. The summed E-state index contributed by atoms with van der Waals surface area (Å²) < 4.78 is 102. The van der Waals surface area contributed by atoms with Crippen molar-refractivity contribution in [2.45, 2.75) is 121 Å². The summed E-state index contributed by atoms with van der Waals surface area (Å²) in [6.45, 7) is 14.9. The van der Waals surface area contributed by atoms with Crippen LogP contribution < -0.4 is 38.5 Å². The van der Waals surface area contributed by atoms with Crippen molar-refractivity contribution in [2.75, 3.05) is 153 Å². The molecule has 0 aromatic heterocycles. The van der Waals surface area contributed by atoms with Crippen molar-refractivity contribution in [3.8, 4) is 23.0 Å². The second-order valence-electron chi connectivity index (χ2n) is 25.6. The standard InChI is InChI=1S/C26H45NO4S.C23H23NOS.C16H23NO6S.C11H15NO2S/c1-3-5-7-9-11-13-19-30-25-16-15-24(27-17-21-32(28,29)22-18-27)23-26(25)31-20-14-12-10-8-6-4-2;1-25-21-14-12-20(13-15-21)24-16-22(18-8-4-2-5-9-18)26-23(17-24)19-10-6-3-7-11-19;18-14(9-21-11-16-12-23-16)10-22-15-3-1-13(2-4-15)17-5-7-24(19,20)8-6-17;1-10-2-4-11(5-3-10)12-6-8-15(13,14)9-7-12/h15-16,23H,3-14,17-22H2,1-2H3;2-15,22-23H,16-17H2,1H3;1-4,14,16,18H,5-12H2;2-5H,6-9H2,1H3. The summed E-state index contributed by atoms with van der Waals surface area (Å²) in [5.74, 6) is 4.55. The maximum Gasteiger partial charge on any atom is 0.163 e. The van der Waals surface area contributed by atoms with Gasteiger partial charge in [-0.05, 0) is 104 Å². The summed E-state index contributed by atoms with van der Waals surface area (Å²) in [6, 6.07) is 51.9. The Bertz CT molecular complexity index is 3470. The minimum atomic E-state index is -2.89. The van der Waals surface area contributed by atoms with Crippen molar-refractivity contribution in [3.05, 3.63) is 168 Å². The lowest BCUT2D eigenvalue weighted by Crippen LogP contribution is -2.40. The molecule has 5 aliphatic rings. The summed E-state index contributed by atoms with van der Waals surface area (Å²) in [5.41, 5.74) is 8.40. The summed E-state index contributed by atoms with van der Waals surface area (Å²) in [7, 11) is -6.83. The van der Waals surface area contributed by atoms with Crippen LogP contribution in [-0.4, -0.2) is 176 Å². The molecule has 11 rings (SSSR count). The number of sulfone groups is 3. The number of anilines is 4. The van der Waals surface area contributed by atoms with E-state index in [1.165, 1.54) is 86.6 Å². The number of thioether (sulfide) groups is 1. The maximum absolute atomic E-state index is 11.8. The fourth-order valence-corrected chi connectivity index (χ4v) is 16.8. The van der Waals surface area contributed by atoms with Crippen molar-refractivity contribution in [2.24, 2.45) is 0 Å². The molecule has 4 atom stereocenters. The van der Waals surface area contributed by atoms with Gasteiger partial charge in [0.1, 0.15) is 30.3 Å². The van der Waals surface area contributed by atoms with E-state index < -0.39 is 35.6 Å². The molecule has 21 heteroatoms. The average Bonchev–Trinajstić information content (AvgIpc) is 1.52. The smallest absolute Gasteiger partial charge is 0.163 e. The Morgan fingerprint density at radius 2 is 0.876 bits per heavy atom. The highest BCUT2D eigenvalue weighted by Gasteiger charge is 2.31. The van der Waals surface area contributed by atoms with Gasteiger partial charge in [0.15, 0.2) is 41.0 Å². The highest BCUT2D eigenvalue weighted by atomic mass is 32.2. The van der Waals surface area contributed by atoms with Crippen LogP contribution in [0.2, 0.25) is 0 Å². The molecule has 4 unspecified atom stereocenters. The first-order valence-electron chi connectivity index (χ1n) is 35.0. The van der Waals surface area contributed by atoms with Gasteiger partial charge in [-0.25, -0.2) is 25.3 Å². The monoisotopic (exact) mass is 1410 g/mol. The van der Waals surface area contributed by atoms with Crippen molar-refractivity contribution < 1.29 is 58.8 Å². The summed E-state index contributed by atoms with van der Waals surface area (Å²) in [4.78, 5) is 8.81. The molecule has 17 nitrogen and oxygen atoms in total. The lowest BCUT2D eigenvalue weighted by Gasteiger charge is -2.39. The highest BCUT2D eigenvalue weighted by molar-refractivity contribution is 7.99. The molecule has 97 heavy (non-hydrogen) atoms. The molecule has 6 aromatic rings. The zero-order valence-corrected chi connectivity index (χ0v) is 60.9. The predicted molar refractivity (Wildman–Crippen MR) is 398 cm³/mol. The molecule has 0 amide bonds. The van der Waals surface area contributed by atoms with Crippen molar-refractivity contribution >= 4 is 64.0 Å². The average molecular weight is 1410 g/mol. The number of ether oxygens (including phenoxy) is 6. The second kappa shape index (κ2) is 40.2. The van der Waals surface area contributed by atoms with Crippen LogP contribution in [0.5, 0.6) is 23.0 Å². The number of benzene rings is 6. The third kappa shape index (κ3) is 27.5. The van der Waals surface area contributed by atoms with Gasteiger partial charge in [0.05, 0.1) is 74.7 Å². The van der Waals surface area contributed by atoms with Crippen LogP contribution in [-0.2, 0) is 39.0 Å². The number of hydrogen-bond donors (Lipinski definition) is 1. The molecule has 0 aliphatic carbocycles. The van der Waals surface area contributed by atoms with Gasteiger partial charge >= 0.3 is 0 Å². The molecule has 5 aliphatic heterocycles. The van der Waals surface area contributed by atoms with Gasteiger partial charge < -0.3 is 53.1 Å². The van der Waals surface area contributed by atoms with Crippen LogP contribution in [0.25, 0.3) is 0 Å². The third-order valence-corrected chi connectivity index (χ3v) is 24.1. The molecule has 0 spiro atoms. The number of rotatable bonds is 30. The quantitative estimate of drug-likeness (QED) is 0.0330. The Morgan fingerprint density at radius 1 is 0.474 bits per heavy atom. The van der Waals surface area contributed by atoms with Gasteiger partial charge in [-0.2, -0.15) is 0 Å². The normalized spacial score (nSPS) is 19.5. The van der Waals surface area contributed by atoms with Crippen LogP contribution in [0.3, 0.4) is 0 Å². The second-order valence-corrected chi connectivity index (χ2v) is 33.9. The molecule has 5 fully saturated rings. The van der Waals surface area contributed by atoms with Gasteiger partial charge in [-0.3, -0.25) is 0 Å². The van der Waals surface area contributed by atoms with E-state index in [2.05, 4.69) is 125 Å². The van der Waals surface area contributed by atoms with Crippen molar-refractivity contribution in [3.63, 3.8) is 0 Å². The minimum Gasteiger partial charge on any atom is -0.497 e. The number of aryl methyl sites for hydroxylation is 1. The number of aliphatic hydroxyl groups excluding tert-OH is 1. The van der Waals surface area contributed by atoms with E-state index in [9.17, 15) is 30.4 Å². The zero-order chi connectivity index (χ0) is 68.7. The number of unbranched alkanes of at least 4 members (excludes halogenated alkanes) is 10. The van der Waals surface area contributed by atoms with Crippen LogP contribution in [0, 0.1) is 6.92 Å². The largest absolute Gasteiger partial charge is 0.497 e. The lowest BCUT2D eigenvalue weighted by atomic mass is 10.1. The molecule has 6 aromatic carbocycles. The topological polar surface area (TPSA) is 194 Å². The summed E-state index contributed by atoms with van der Waals surface area (Å²) in [5, 5.41) is 10.7. The van der Waals surface area contributed by atoms with E-state index >= 15 is 0 Å². The Morgan fingerprint density at radius 3 is 1.33 bits per heavy atom. The fraction of sp³-hybridized carbons (Fsp3) is 0.526. The first kappa shape index (κ1) is 76.6. The van der Waals surface area contributed by atoms with Gasteiger partial charge in [-0.1, -0.05) is 156 Å². The van der Waals surface area contributed by atoms with Crippen LogP contribution in [0.4, 0.5) is 22.7 Å². The molecular weight excluding hydrogens is 1310 g/mol. The van der Waals surface area contributed by atoms with Crippen molar-refractivity contribution in [1.82, 2.24) is 0 Å². The van der Waals surface area contributed by atoms with E-state index in [1.807, 2.05) is 78.6 Å². The molecule has 1 N–H and O–H groups in total. The number of hydrogen-bond acceptors (Lipinski definition) is 18. The molecule has 0 saturated carbocycles. The SMILES string of the molecule is CCCCCCCCOc1ccc(N2CCS(=O)(=O)CC2)cc1OCCCCCCCC.COc1ccc(N2CC(c3ccccc3)SC(c3ccccc3)C2)cc1.Cc1ccc(N2CCS(=O)(=O)CC2)cc1.O=S1(=O)CCN(c2ccc(OCC(O)COCC3CO3)cc2)CC1. The Balaban J connectivity index is 0.000000170. The highest BCUT2D eigenvalue weighted by Crippen LogP contribution is 2.46. The molecule has 532 valence electrons.